The largest absolute Gasteiger partial charge is 0.348 e. The van der Waals surface area contributed by atoms with Gasteiger partial charge in [0, 0.05) is 28.8 Å². The number of halogens is 1. The van der Waals surface area contributed by atoms with Crippen LogP contribution in [0.3, 0.4) is 0 Å². The van der Waals surface area contributed by atoms with Crippen LogP contribution in [0.25, 0.3) is 16.9 Å². The molecule has 7 nitrogen and oxygen atoms in total. The SMILES string of the molecule is CC(C)C(C)NC(=O)c1cc(-c2ccc([N+](=O)[O-])cc2)nn1-c1ccc(Cl)cc1. The maximum atomic E-state index is 12.9. The fraction of sp³-hybridized carbons (Fsp3) is 0.238. The van der Waals surface area contributed by atoms with Gasteiger partial charge in [-0.15, -0.1) is 0 Å². The Balaban J connectivity index is 2.04. The summed E-state index contributed by atoms with van der Waals surface area (Å²) >= 11 is 5.98. The Kier molecular flexibility index (Phi) is 5.98. The van der Waals surface area contributed by atoms with Gasteiger partial charge >= 0.3 is 0 Å². The van der Waals surface area contributed by atoms with Gasteiger partial charge in [-0.2, -0.15) is 5.10 Å². The number of aromatic nitrogens is 2. The number of carbonyl (C=O) groups is 1. The summed E-state index contributed by atoms with van der Waals surface area (Å²) < 4.78 is 1.55. The molecule has 1 N–H and O–H groups in total. The van der Waals surface area contributed by atoms with Crippen molar-refractivity contribution in [1.82, 2.24) is 15.1 Å². The standard InChI is InChI=1S/C21H21ClN4O3/c1-13(2)14(3)23-21(27)20-12-19(15-4-8-18(9-5-15)26(28)29)24-25(20)17-10-6-16(22)7-11-17/h4-14H,1-3H3,(H,23,27). The smallest absolute Gasteiger partial charge is 0.270 e. The average Bonchev–Trinajstić information content (AvgIpc) is 3.14. The van der Waals surface area contributed by atoms with Crippen LogP contribution in [0, 0.1) is 16.0 Å². The maximum Gasteiger partial charge on any atom is 0.270 e. The number of nitrogens with one attached hydrogen (secondary N) is 1. The Bertz CT molecular complexity index is 1030. The van der Waals surface area contributed by atoms with Crippen LogP contribution in [0.4, 0.5) is 5.69 Å². The van der Waals surface area contributed by atoms with Crippen molar-refractivity contribution in [1.29, 1.82) is 0 Å². The number of hydrogen-bond donors (Lipinski definition) is 1. The lowest BCUT2D eigenvalue weighted by atomic mass is 10.1. The summed E-state index contributed by atoms with van der Waals surface area (Å²) in [5.41, 5.74) is 2.26. The lowest BCUT2D eigenvalue weighted by molar-refractivity contribution is -0.384. The van der Waals surface area contributed by atoms with Crippen molar-refractivity contribution in [2.45, 2.75) is 26.8 Å². The topological polar surface area (TPSA) is 90.1 Å². The highest BCUT2D eigenvalue weighted by atomic mass is 35.5. The summed E-state index contributed by atoms with van der Waals surface area (Å²) in [6, 6.07) is 14.7. The van der Waals surface area contributed by atoms with Crippen LogP contribution in [-0.2, 0) is 0 Å². The van der Waals surface area contributed by atoms with E-state index >= 15 is 0 Å². The summed E-state index contributed by atoms with van der Waals surface area (Å²) in [6.07, 6.45) is 0. The van der Waals surface area contributed by atoms with Crippen LogP contribution in [0.1, 0.15) is 31.3 Å². The number of rotatable bonds is 6. The summed E-state index contributed by atoms with van der Waals surface area (Å²) in [7, 11) is 0. The summed E-state index contributed by atoms with van der Waals surface area (Å²) in [4.78, 5) is 23.4. The molecule has 150 valence electrons. The zero-order valence-electron chi connectivity index (χ0n) is 16.3. The van der Waals surface area contributed by atoms with Gasteiger partial charge in [0.2, 0.25) is 0 Å². The van der Waals surface area contributed by atoms with Crippen molar-refractivity contribution >= 4 is 23.2 Å². The van der Waals surface area contributed by atoms with Gasteiger partial charge in [0.1, 0.15) is 5.69 Å². The highest BCUT2D eigenvalue weighted by Gasteiger charge is 2.20. The van der Waals surface area contributed by atoms with Crippen LogP contribution in [0.15, 0.2) is 54.6 Å². The van der Waals surface area contributed by atoms with E-state index < -0.39 is 4.92 Å². The van der Waals surface area contributed by atoms with E-state index in [9.17, 15) is 14.9 Å². The van der Waals surface area contributed by atoms with Gasteiger partial charge in [0.25, 0.3) is 11.6 Å². The molecule has 0 aliphatic rings. The van der Waals surface area contributed by atoms with E-state index in [0.717, 1.165) is 0 Å². The molecule has 3 aromatic rings. The second-order valence-corrected chi connectivity index (χ2v) is 7.55. The molecule has 1 amide bonds. The van der Waals surface area contributed by atoms with E-state index in [2.05, 4.69) is 10.4 Å². The Morgan fingerprint density at radius 2 is 1.72 bits per heavy atom. The van der Waals surface area contributed by atoms with Crippen molar-refractivity contribution in [2.75, 3.05) is 0 Å². The molecule has 0 bridgehead atoms. The predicted octanol–water partition coefficient (Wildman–Crippen LogP) is 4.88. The van der Waals surface area contributed by atoms with E-state index in [1.165, 1.54) is 12.1 Å². The Hall–Kier alpha value is -3.19. The number of nitrogens with zero attached hydrogens (tertiary/aromatic N) is 3. The van der Waals surface area contributed by atoms with E-state index in [4.69, 9.17) is 11.6 Å². The second-order valence-electron chi connectivity index (χ2n) is 7.11. The quantitative estimate of drug-likeness (QED) is 0.461. The Morgan fingerprint density at radius 1 is 1.10 bits per heavy atom. The molecular formula is C21H21ClN4O3. The molecule has 0 radical (unpaired) electrons. The molecule has 1 atom stereocenters. The minimum absolute atomic E-state index is 0.00499. The fourth-order valence-electron chi connectivity index (χ4n) is 2.66. The first-order chi connectivity index (χ1) is 13.8. The highest BCUT2D eigenvalue weighted by Crippen LogP contribution is 2.25. The molecule has 0 saturated heterocycles. The van der Waals surface area contributed by atoms with E-state index in [1.807, 2.05) is 20.8 Å². The third-order valence-electron chi connectivity index (χ3n) is 4.75. The van der Waals surface area contributed by atoms with Gasteiger partial charge in [-0.3, -0.25) is 14.9 Å². The summed E-state index contributed by atoms with van der Waals surface area (Å²) in [5, 5.41) is 19.0. The molecule has 0 fully saturated rings. The van der Waals surface area contributed by atoms with Crippen molar-refractivity contribution in [3.8, 4) is 16.9 Å². The number of amides is 1. The number of carbonyl (C=O) groups excluding carboxylic acids is 1. The van der Waals surface area contributed by atoms with Crippen LogP contribution in [0.5, 0.6) is 0 Å². The molecular weight excluding hydrogens is 392 g/mol. The molecule has 1 unspecified atom stereocenters. The van der Waals surface area contributed by atoms with E-state index in [1.54, 1.807) is 47.1 Å². The number of nitro groups is 1. The minimum Gasteiger partial charge on any atom is -0.348 e. The van der Waals surface area contributed by atoms with Gasteiger partial charge in [0.15, 0.2) is 0 Å². The molecule has 2 aromatic carbocycles. The van der Waals surface area contributed by atoms with E-state index in [0.29, 0.717) is 27.7 Å². The van der Waals surface area contributed by atoms with Crippen molar-refractivity contribution < 1.29 is 9.72 Å². The number of benzene rings is 2. The molecule has 0 spiro atoms. The molecule has 0 aliphatic carbocycles. The third kappa shape index (κ3) is 4.63. The average molecular weight is 413 g/mol. The predicted molar refractivity (Wildman–Crippen MR) is 112 cm³/mol. The second kappa shape index (κ2) is 8.45. The minimum atomic E-state index is -0.456. The highest BCUT2D eigenvalue weighted by molar-refractivity contribution is 6.30. The van der Waals surface area contributed by atoms with Gasteiger partial charge in [0.05, 0.1) is 16.3 Å². The van der Waals surface area contributed by atoms with Crippen molar-refractivity contribution in [3.63, 3.8) is 0 Å². The summed E-state index contributed by atoms with van der Waals surface area (Å²) in [6.45, 7) is 6.01. The fourth-order valence-corrected chi connectivity index (χ4v) is 2.79. The van der Waals surface area contributed by atoms with Gasteiger partial charge in [-0.25, -0.2) is 4.68 Å². The van der Waals surface area contributed by atoms with Crippen molar-refractivity contribution in [2.24, 2.45) is 5.92 Å². The molecule has 0 aliphatic heterocycles. The van der Waals surface area contributed by atoms with Gasteiger partial charge < -0.3 is 5.32 Å². The van der Waals surface area contributed by atoms with Gasteiger partial charge in [-0.05, 0) is 55.3 Å². The summed E-state index contributed by atoms with van der Waals surface area (Å²) in [5.74, 6) is 0.0295. The van der Waals surface area contributed by atoms with E-state index in [-0.39, 0.29) is 23.6 Å². The molecule has 29 heavy (non-hydrogen) atoms. The molecule has 8 heteroatoms. The molecule has 1 heterocycles. The first kappa shape index (κ1) is 20.5. The Labute approximate surface area is 173 Å². The molecule has 1 aromatic heterocycles. The number of non-ortho nitro benzene ring substituents is 1. The zero-order chi connectivity index (χ0) is 21.1. The maximum absolute atomic E-state index is 12.9. The van der Waals surface area contributed by atoms with Crippen molar-refractivity contribution in [3.05, 3.63) is 75.4 Å². The number of hydrogen-bond acceptors (Lipinski definition) is 4. The van der Waals surface area contributed by atoms with Crippen LogP contribution in [0.2, 0.25) is 5.02 Å². The normalized spacial score (nSPS) is 12.0. The van der Waals surface area contributed by atoms with Gasteiger partial charge in [-0.1, -0.05) is 25.4 Å². The monoisotopic (exact) mass is 412 g/mol. The van der Waals surface area contributed by atoms with Crippen LogP contribution in [-0.4, -0.2) is 26.7 Å². The molecule has 3 rings (SSSR count). The first-order valence-electron chi connectivity index (χ1n) is 9.18. The zero-order valence-corrected chi connectivity index (χ0v) is 17.1. The lowest BCUT2D eigenvalue weighted by Gasteiger charge is -2.17. The Morgan fingerprint density at radius 3 is 2.28 bits per heavy atom. The third-order valence-corrected chi connectivity index (χ3v) is 5.00. The lowest BCUT2D eigenvalue weighted by Crippen LogP contribution is -2.37. The van der Waals surface area contributed by atoms with Crippen LogP contribution >= 0.6 is 11.6 Å². The number of nitro benzene ring substituents is 1. The molecule has 0 saturated carbocycles. The first-order valence-corrected chi connectivity index (χ1v) is 9.55. The van der Waals surface area contributed by atoms with Crippen LogP contribution < -0.4 is 5.32 Å².